The number of carbonyl (C=O) groups is 1. The minimum absolute atomic E-state index is 0.124. The third kappa shape index (κ3) is 5.36. The van der Waals surface area contributed by atoms with E-state index in [0.29, 0.717) is 25.4 Å². The third-order valence-corrected chi connectivity index (χ3v) is 5.24. The number of hydrogen-bond acceptors (Lipinski definition) is 4. The molecule has 0 spiro atoms. The van der Waals surface area contributed by atoms with Gasteiger partial charge in [-0.3, -0.25) is 9.59 Å². The standard InChI is InChI=1S/C20H22F3N3O3/c21-20(22,23)15-12-14(16-5-7-18(27)25-24-16)4-6-17(15)26-10-8-13(9-11-26)2-1-3-19(28)29/h4-7,12-13H,1-3,8-11H2,(H,25,27)(H,28,29). The van der Waals surface area contributed by atoms with Crippen molar-refractivity contribution in [2.24, 2.45) is 5.92 Å². The van der Waals surface area contributed by atoms with Crippen LogP contribution in [0.1, 0.15) is 37.7 Å². The van der Waals surface area contributed by atoms with Crippen LogP contribution in [0.2, 0.25) is 0 Å². The number of aromatic amines is 1. The van der Waals surface area contributed by atoms with E-state index in [0.717, 1.165) is 25.3 Å². The fraction of sp³-hybridized carbons (Fsp3) is 0.450. The van der Waals surface area contributed by atoms with Crippen molar-refractivity contribution in [1.29, 1.82) is 0 Å². The van der Waals surface area contributed by atoms with Crippen LogP contribution in [0.15, 0.2) is 35.1 Å². The van der Waals surface area contributed by atoms with Crippen LogP contribution >= 0.6 is 0 Å². The molecule has 9 heteroatoms. The molecule has 1 fully saturated rings. The number of anilines is 1. The maximum atomic E-state index is 13.7. The van der Waals surface area contributed by atoms with Gasteiger partial charge < -0.3 is 10.0 Å². The summed E-state index contributed by atoms with van der Waals surface area (Å²) >= 11 is 0. The number of nitrogens with one attached hydrogen (secondary N) is 1. The summed E-state index contributed by atoms with van der Waals surface area (Å²) in [5.74, 6) is -0.487. The molecule has 29 heavy (non-hydrogen) atoms. The molecule has 1 saturated heterocycles. The predicted molar refractivity (Wildman–Crippen MR) is 102 cm³/mol. The van der Waals surface area contributed by atoms with Gasteiger partial charge in [0, 0.05) is 36.8 Å². The number of H-pyrrole nitrogens is 1. The Balaban J connectivity index is 1.76. The number of carboxylic acid groups (broad SMARTS) is 1. The number of benzene rings is 1. The molecule has 0 atom stereocenters. The average molecular weight is 409 g/mol. The van der Waals surface area contributed by atoms with Crippen LogP contribution in [0.5, 0.6) is 0 Å². The van der Waals surface area contributed by atoms with E-state index in [1.165, 1.54) is 18.2 Å². The second kappa shape index (κ2) is 8.67. The van der Waals surface area contributed by atoms with Crippen LogP contribution < -0.4 is 10.5 Å². The lowest BCUT2D eigenvalue weighted by Crippen LogP contribution is -2.35. The first-order valence-electron chi connectivity index (χ1n) is 9.48. The molecule has 1 aliphatic heterocycles. The number of alkyl halides is 3. The maximum Gasteiger partial charge on any atom is 0.418 e. The minimum atomic E-state index is -4.52. The van der Waals surface area contributed by atoms with Gasteiger partial charge in [0.1, 0.15) is 0 Å². The Morgan fingerprint density at radius 2 is 1.93 bits per heavy atom. The molecule has 0 saturated carbocycles. The van der Waals surface area contributed by atoms with E-state index in [4.69, 9.17) is 5.11 Å². The Morgan fingerprint density at radius 3 is 2.52 bits per heavy atom. The van der Waals surface area contributed by atoms with Gasteiger partial charge in [-0.15, -0.1) is 0 Å². The molecule has 0 bridgehead atoms. The van der Waals surface area contributed by atoms with E-state index in [9.17, 15) is 22.8 Å². The number of carboxylic acids is 1. The van der Waals surface area contributed by atoms with Crippen LogP contribution in [-0.2, 0) is 11.0 Å². The number of rotatable bonds is 6. The van der Waals surface area contributed by atoms with Crippen LogP contribution in [0.25, 0.3) is 11.3 Å². The van der Waals surface area contributed by atoms with Crippen molar-refractivity contribution < 1.29 is 23.1 Å². The van der Waals surface area contributed by atoms with E-state index in [1.54, 1.807) is 11.0 Å². The zero-order valence-electron chi connectivity index (χ0n) is 15.7. The van der Waals surface area contributed by atoms with Crippen LogP contribution in [0.4, 0.5) is 18.9 Å². The molecule has 0 radical (unpaired) electrons. The Kier molecular flexibility index (Phi) is 6.24. The van der Waals surface area contributed by atoms with E-state index in [-0.39, 0.29) is 23.4 Å². The van der Waals surface area contributed by atoms with Gasteiger partial charge in [-0.1, -0.05) is 6.07 Å². The Hall–Kier alpha value is -2.84. The van der Waals surface area contributed by atoms with Gasteiger partial charge in [0.25, 0.3) is 5.56 Å². The van der Waals surface area contributed by atoms with Crippen LogP contribution in [0, 0.1) is 5.92 Å². The van der Waals surface area contributed by atoms with Crippen molar-refractivity contribution in [3.63, 3.8) is 0 Å². The third-order valence-electron chi connectivity index (χ3n) is 5.24. The van der Waals surface area contributed by atoms with E-state index in [2.05, 4.69) is 10.2 Å². The van der Waals surface area contributed by atoms with E-state index >= 15 is 0 Å². The highest BCUT2D eigenvalue weighted by atomic mass is 19.4. The normalized spacial score (nSPS) is 15.5. The van der Waals surface area contributed by atoms with Crippen molar-refractivity contribution in [2.45, 2.75) is 38.3 Å². The smallest absolute Gasteiger partial charge is 0.418 e. The van der Waals surface area contributed by atoms with Crippen molar-refractivity contribution in [1.82, 2.24) is 10.2 Å². The molecule has 2 aromatic rings. The number of halogens is 3. The van der Waals surface area contributed by atoms with E-state index in [1.807, 2.05) is 0 Å². The van der Waals surface area contributed by atoms with Crippen LogP contribution in [-0.4, -0.2) is 34.4 Å². The summed E-state index contributed by atoms with van der Waals surface area (Å²) in [6, 6.07) is 6.70. The van der Waals surface area contributed by atoms with Gasteiger partial charge in [0.15, 0.2) is 0 Å². The van der Waals surface area contributed by atoms with Crippen molar-refractivity contribution >= 4 is 11.7 Å². The van der Waals surface area contributed by atoms with Crippen molar-refractivity contribution in [2.75, 3.05) is 18.0 Å². The number of piperidine rings is 1. The van der Waals surface area contributed by atoms with Gasteiger partial charge in [-0.25, -0.2) is 5.10 Å². The van der Waals surface area contributed by atoms with Gasteiger partial charge in [-0.05, 0) is 49.8 Å². The van der Waals surface area contributed by atoms with Gasteiger partial charge in [0.05, 0.1) is 11.3 Å². The summed E-state index contributed by atoms with van der Waals surface area (Å²) in [5.41, 5.74) is -0.478. The molecule has 0 amide bonds. The van der Waals surface area contributed by atoms with Gasteiger partial charge in [0.2, 0.25) is 0 Å². The summed E-state index contributed by atoms with van der Waals surface area (Å²) < 4.78 is 41.2. The Morgan fingerprint density at radius 1 is 1.21 bits per heavy atom. The average Bonchev–Trinajstić information content (AvgIpc) is 2.68. The second-order valence-electron chi connectivity index (χ2n) is 7.25. The molecule has 2 N–H and O–H groups in total. The molecule has 1 aliphatic rings. The fourth-order valence-corrected chi connectivity index (χ4v) is 3.71. The quantitative estimate of drug-likeness (QED) is 0.755. The molecule has 3 rings (SSSR count). The first-order chi connectivity index (χ1) is 13.7. The zero-order valence-corrected chi connectivity index (χ0v) is 15.7. The predicted octanol–water partition coefficient (Wildman–Crippen LogP) is 3.93. The lowest BCUT2D eigenvalue weighted by Gasteiger charge is -2.35. The SMILES string of the molecule is O=C(O)CCCC1CCN(c2ccc(-c3ccc(=O)[nH]n3)cc2C(F)(F)F)CC1. The summed E-state index contributed by atoms with van der Waals surface area (Å²) in [6.07, 6.45) is -1.55. The molecule has 0 unspecified atom stereocenters. The first-order valence-corrected chi connectivity index (χ1v) is 9.48. The summed E-state index contributed by atoms with van der Waals surface area (Å²) in [7, 11) is 0. The number of aliphatic carboxylic acids is 1. The van der Waals surface area contributed by atoms with Gasteiger partial charge in [-0.2, -0.15) is 18.3 Å². The lowest BCUT2D eigenvalue weighted by molar-refractivity contribution is -0.138. The molecular formula is C20H22F3N3O3. The molecular weight excluding hydrogens is 387 g/mol. The van der Waals surface area contributed by atoms with Gasteiger partial charge >= 0.3 is 12.1 Å². The molecule has 1 aromatic carbocycles. The first kappa shape index (κ1) is 20.9. The summed E-state index contributed by atoms with van der Waals surface area (Å²) in [5, 5.41) is 14.8. The number of nitrogens with zero attached hydrogens (tertiary/aromatic N) is 2. The molecule has 6 nitrogen and oxygen atoms in total. The minimum Gasteiger partial charge on any atom is -0.481 e. The zero-order chi connectivity index (χ0) is 21.0. The monoisotopic (exact) mass is 409 g/mol. The highest BCUT2D eigenvalue weighted by Gasteiger charge is 2.36. The summed E-state index contributed by atoms with van der Waals surface area (Å²) in [6.45, 7) is 0.994. The number of hydrogen-bond donors (Lipinski definition) is 2. The number of aromatic nitrogens is 2. The highest BCUT2D eigenvalue weighted by molar-refractivity contribution is 5.67. The Bertz CT molecular complexity index is 899. The molecule has 1 aromatic heterocycles. The van der Waals surface area contributed by atoms with E-state index < -0.39 is 23.3 Å². The molecule has 156 valence electrons. The van der Waals surface area contributed by atoms with Crippen LogP contribution in [0.3, 0.4) is 0 Å². The molecule has 2 heterocycles. The molecule has 0 aliphatic carbocycles. The highest BCUT2D eigenvalue weighted by Crippen LogP contribution is 2.40. The van der Waals surface area contributed by atoms with Crippen molar-refractivity contribution in [3.8, 4) is 11.3 Å². The lowest BCUT2D eigenvalue weighted by atomic mass is 9.91. The Labute approximate surface area is 165 Å². The summed E-state index contributed by atoms with van der Waals surface area (Å²) in [4.78, 5) is 23.5. The second-order valence-corrected chi connectivity index (χ2v) is 7.25. The largest absolute Gasteiger partial charge is 0.481 e. The fourth-order valence-electron chi connectivity index (χ4n) is 3.71. The maximum absolute atomic E-state index is 13.7. The topological polar surface area (TPSA) is 86.3 Å². The van der Waals surface area contributed by atoms with Crippen molar-refractivity contribution in [3.05, 3.63) is 46.2 Å².